The molecule has 6 aromatic carbocycles. The van der Waals surface area contributed by atoms with Gasteiger partial charge in [-0.15, -0.1) is 80.7 Å². The second kappa shape index (κ2) is 15.6. The molecule has 43 heavy (non-hydrogen) atoms. The van der Waals surface area contributed by atoms with Crippen LogP contribution in [0, 0.1) is 0 Å². The van der Waals surface area contributed by atoms with Gasteiger partial charge in [-0.2, -0.15) is 12.1 Å². The molecule has 6 aromatic rings. The SMILES string of the molecule is CC(C)(C)P(c1cc2ccccc2[cH-]1)C(C)(C)C.[Cl][Zr+2][Cl].c1ccc(P(c2ccccc2)c2cc3ccccc3[cH-]2)cc1. The van der Waals surface area contributed by atoms with Crippen molar-refractivity contribution in [3.63, 3.8) is 0 Å². The van der Waals surface area contributed by atoms with Crippen LogP contribution < -0.4 is 21.2 Å². The normalized spacial score (nSPS) is 11.6. The molecule has 0 saturated carbocycles. The molecule has 0 aliphatic heterocycles. The molecule has 0 atom stereocenters. The van der Waals surface area contributed by atoms with Crippen molar-refractivity contribution >= 4 is 75.6 Å². The van der Waals surface area contributed by atoms with Crippen molar-refractivity contribution in [3.8, 4) is 0 Å². The van der Waals surface area contributed by atoms with Crippen molar-refractivity contribution in [1.82, 2.24) is 0 Å². The van der Waals surface area contributed by atoms with Crippen molar-refractivity contribution in [2.75, 3.05) is 0 Å². The monoisotopic (exact) mass is 718 g/mol. The number of fused-ring (bicyclic) bond motifs is 2. The Bertz CT molecular complexity index is 1570. The van der Waals surface area contributed by atoms with Gasteiger partial charge in [0.15, 0.2) is 0 Å². The third kappa shape index (κ3) is 9.23. The number of hydrogen-bond donors (Lipinski definition) is 0. The van der Waals surface area contributed by atoms with Crippen LogP contribution in [0.15, 0.2) is 133 Å². The average Bonchev–Trinajstić information content (AvgIpc) is 3.57. The van der Waals surface area contributed by atoms with E-state index in [1.54, 1.807) is 5.30 Å². The molecule has 0 saturated heterocycles. The van der Waals surface area contributed by atoms with Gasteiger partial charge in [-0.25, -0.2) is 0 Å². The second-order valence-electron chi connectivity index (χ2n) is 12.4. The summed E-state index contributed by atoms with van der Waals surface area (Å²) in [4.78, 5) is 0. The van der Waals surface area contributed by atoms with E-state index in [0.29, 0.717) is 10.3 Å². The van der Waals surface area contributed by atoms with E-state index in [1.807, 2.05) is 0 Å². The molecule has 0 spiro atoms. The van der Waals surface area contributed by atoms with Crippen LogP contribution in [0.5, 0.6) is 0 Å². The van der Waals surface area contributed by atoms with Gasteiger partial charge in [0.05, 0.1) is 0 Å². The summed E-state index contributed by atoms with van der Waals surface area (Å²) in [6.07, 6.45) is 0. The number of halogens is 2. The van der Waals surface area contributed by atoms with Gasteiger partial charge in [0.25, 0.3) is 0 Å². The molecule has 0 aromatic heterocycles. The first kappa shape index (κ1) is 34.3. The summed E-state index contributed by atoms with van der Waals surface area (Å²) < 4.78 is 0. The van der Waals surface area contributed by atoms with Gasteiger partial charge in [0.1, 0.15) is 0 Å². The maximum absolute atomic E-state index is 4.93. The molecule has 0 aliphatic rings. The molecular weight excluding hydrogens is 680 g/mol. The zero-order valence-corrected chi connectivity index (χ0v) is 31.6. The van der Waals surface area contributed by atoms with Crippen molar-refractivity contribution in [2.24, 2.45) is 0 Å². The number of hydrogen-bond acceptors (Lipinski definition) is 0. The van der Waals surface area contributed by atoms with Crippen LogP contribution in [-0.4, -0.2) is 10.3 Å². The van der Waals surface area contributed by atoms with Gasteiger partial charge in [0, 0.05) is 0 Å². The zero-order valence-electron chi connectivity index (χ0n) is 25.9. The molecule has 0 fully saturated rings. The van der Waals surface area contributed by atoms with Gasteiger partial charge in [-0.1, -0.05) is 122 Å². The first-order valence-corrected chi connectivity index (χ1v) is 23.5. The third-order valence-corrected chi connectivity index (χ3v) is 13.0. The first-order chi connectivity index (χ1) is 20.5. The molecule has 0 radical (unpaired) electrons. The molecule has 5 heteroatoms. The number of rotatable bonds is 4. The van der Waals surface area contributed by atoms with Gasteiger partial charge in [0.2, 0.25) is 0 Å². The van der Waals surface area contributed by atoms with Crippen LogP contribution in [0.2, 0.25) is 0 Å². The fourth-order valence-electron chi connectivity index (χ4n) is 5.91. The van der Waals surface area contributed by atoms with E-state index in [9.17, 15) is 0 Å². The maximum Gasteiger partial charge on any atom is -0.0166 e. The Kier molecular flexibility index (Phi) is 12.5. The van der Waals surface area contributed by atoms with Crippen molar-refractivity contribution in [1.29, 1.82) is 0 Å². The van der Waals surface area contributed by atoms with E-state index in [0.717, 1.165) is 0 Å². The second-order valence-corrected chi connectivity index (χ2v) is 22.3. The predicted octanol–water partition coefficient (Wildman–Crippen LogP) is 11.0. The van der Waals surface area contributed by atoms with Crippen LogP contribution in [0.1, 0.15) is 41.5 Å². The standard InChI is InChI=1S/C21H16P.C17H24P.2ClH.Zr/c1-3-11-19(12-4-1)22(20-13-5-2-6-14-20)21-15-17-9-7-8-10-18(17)16-21;1-16(2,3)18(17(4,5)6)15-11-13-9-7-8-10-14(13)12-15;;;/h1-16H;7-12H,1-6H3;2*1H;/q2*-1;;;+4/p-2. The van der Waals surface area contributed by atoms with Crippen LogP contribution in [0.3, 0.4) is 0 Å². The maximum atomic E-state index is 4.93. The van der Waals surface area contributed by atoms with E-state index in [1.165, 1.54) is 37.5 Å². The summed E-state index contributed by atoms with van der Waals surface area (Å²) in [7, 11) is 9.19. The fourth-order valence-corrected chi connectivity index (χ4v) is 12.4. The van der Waals surface area contributed by atoms with Crippen molar-refractivity contribution < 1.29 is 20.8 Å². The van der Waals surface area contributed by atoms with Crippen LogP contribution >= 0.6 is 32.9 Å². The average molecular weight is 721 g/mol. The minimum atomic E-state index is -0.826. The van der Waals surface area contributed by atoms with Gasteiger partial charge < -0.3 is 0 Å². The Balaban J connectivity index is 0.000000184. The predicted molar refractivity (Wildman–Crippen MR) is 196 cm³/mol. The molecule has 6 rings (SSSR count). The summed E-state index contributed by atoms with van der Waals surface area (Å²) in [6.45, 7) is 14.3. The largest absolute Gasteiger partial charge is 0.160 e. The first-order valence-electron chi connectivity index (χ1n) is 14.5. The van der Waals surface area contributed by atoms with E-state index in [-0.39, 0.29) is 7.92 Å². The minimum Gasteiger partial charge on any atom is -0.160 e. The zero-order chi connectivity index (χ0) is 31.0. The van der Waals surface area contributed by atoms with Crippen molar-refractivity contribution in [2.45, 2.75) is 51.9 Å². The molecule has 0 bridgehead atoms. The molecular formula is C38H40Cl2P2Zr. The number of benzene rings is 4. The third-order valence-electron chi connectivity index (χ3n) is 7.09. The quantitative estimate of drug-likeness (QED) is 0.126. The Labute approximate surface area is 279 Å². The summed E-state index contributed by atoms with van der Waals surface area (Å²) in [5.41, 5.74) is 0. The van der Waals surface area contributed by atoms with E-state index in [4.69, 9.17) is 17.0 Å². The molecule has 0 aliphatic carbocycles. The molecule has 0 nitrogen and oxygen atoms in total. The van der Waals surface area contributed by atoms with Crippen LogP contribution in [0.4, 0.5) is 0 Å². The molecule has 0 unspecified atom stereocenters. The van der Waals surface area contributed by atoms with Gasteiger partial charge in [-0.05, 0) is 28.8 Å². The molecule has 0 heterocycles. The van der Waals surface area contributed by atoms with Crippen LogP contribution in [0.25, 0.3) is 21.5 Å². The molecule has 0 amide bonds. The van der Waals surface area contributed by atoms with E-state index in [2.05, 4.69) is 175 Å². The van der Waals surface area contributed by atoms with Crippen LogP contribution in [-0.2, 0) is 20.8 Å². The smallest absolute Gasteiger partial charge is 0.0166 e. The fraction of sp³-hybridized carbons (Fsp3) is 0.211. The Morgan fingerprint density at radius 2 is 0.860 bits per heavy atom. The Hall–Kier alpha value is -1.58. The van der Waals surface area contributed by atoms with Gasteiger partial charge >= 0.3 is 37.9 Å². The van der Waals surface area contributed by atoms with E-state index < -0.39 is 28.8 Å². The Morgan fingerprint density at radius 1 is 0.512 bits per heavy atom. The topological polar surface area (TPSA) is 0 Å². The summed E-state index contributed by atoms with van der Waals surface area (Å²) in [5, 5.41) is 11.9. The molecule has 0 N–H and O–H groups in total. The minimum absolute atomic E-state index is 0.185. The van der Waals surface area contributed by atoms with E-state index >= 15 is 0 Å². The summed E-state index contributed by atoms with van der Waals surface area (Å²) in [6, 6.07) is 48.5. The Morgan fingerprint density at radius 3 is 1.26 bits per heavy atom. The molecule has 220 valence electrons. The van der Waals surface area contributed by atoms with Gasteiger partial charge in [-0.3, -0.25) is 0 Å². The summed E-state index contributed by atoms with van der Waals surface area (Å²) >= 11 is -0.826. The van der Waals surface area contributed by atoms with Crippen molar-refractivity contribution in [3.05, 3.63) is 133 Å². The summed E-state index contributed by atoms with van der Waals surface area (Å²) in [5.74, 6) is 0.